The van der Waals surface area contributed by atoms with Gasteiger partial charge in [0.25, 0.3) is 5.91 Å². The fourth-order valence-corrected chi connectivity index (χ4v) is 4.93. The molecule has 4 rings (SSSR count). The van der Waals surface area contributed by atoms with E-state index in [9.17, 15) is 9.59 Å². The molecule has 1 aromatic carbocycles. The summed E-state index contributed by atoms with van der Waals surface area (Å²) in [6.45, 7) is 2.27. The molecule has 2 aliphatic heterocycles. The molecule has 0 unspecified atom stereocenters. The molecule has 144 valence electrons. The Bertz CT molecular complexity index is 769. The smallest absolute Gasteiger partial charge is 0.329 e. The Hall–Kier alpha value is -2.22. The van der Waals surface area contributed by atoms with Crippen molar-refractivity contribution in [1.29, 1.82) is 0 Å². The molecule has 3 amide bonds. The minimum Gasteiger partial charge on any atom is -0.370 e. The molecule has 3 fully saturated rings. The molecule has 2 saturated heterocycles. The Labute approximate surface area is 163 Å². The van der Waals surface area contributed by atoms with Crippen LogP contribution in [-0.4, -0.2) is 52.9 Å². The molecule has 2 heterocycles. The molecule has 7 nitrogen and oxygen atoms in total. The first-order valence-corrected chi connectivity index (χ1v) is 10.6. The van der Waals surface area contributed by atoms with E-state index in [4.69, 9.17) is 5.73 Å². The van der Waals surface area contributed by atoms with Crippen LogP contribution in [0.4, 0.5) is 10.5 Å². The van der Waals surface area contributed by atoms with Crippen LogP contribution >= 0.6 is 11.8 Å². The molecule has 0 radical (unpaired) electrons. The Morgan fingerprint density at radius 2 is 1.96 bits per heavy atom. The number of hydrogen-bond donors (Lipinski definition) is 2. The summed E-state index contributed by atoms with van der Waals surface area (Å²) in [5, 5.41) is 2.92. The molecular weight excluding hydrogens is 362 g/mol. The lowest BCUT2D eigenvalue weighted by Gasteiger charge is -2.27. The number of aliphatic imine (C=N–C) groups is 1. The van der Waals surface area contributed by atoms with Gasteiger partial charge in [-0.05, 0) is 30.5 Å². The highest BCUT2D eigenvalue weighted by atomic mass is 32.2. The zero-order valence-electron chi connectivity index (χ0n) is 15.3. The van der Waals surface area contributed by atoms with Crippen molar-refractivity contribution in [3.63, 3.8) is 0 Å². The van der Waals surface area contributed by atoms with Crippen LogP contribution in [-0.2, 0) is 11.3 Å². The lowest BCUT2D eigenvalue weighted by molar-refractivity contribution is -0.121. The van der Waals surface area contributed by atoms with Gasteiger partial charge in [0, 0.05) is 24.6 Å². The Morgan fingerprint density at radius 3 is 2.70 bits per heavy atom. The summed E-state index contributed by atoms with van der Waals surface area (Å²) < 4.78 is 0. The predicted octanol–water partition coefficient (Wildman–Crippen LogP) is 1.92. The second-order valence-corrected chi connectivity index (χ2v) is 8.53. The standard InChI is InChI=1S/C19H25N5O2S/c20-17(23-8-10-27-11-9-23)21-13-14-4-3-5-15(12-14)24-16(25)19(22-18(24)26)6-1-2-7-19/h3-5,12H,1-2,6-11,13H2,(H2,20,21)(H,22,26). The van der Waals surface area contributed by atoms with Gasteiger partial charge < -0.3 is 16.0 Å². The number of nitrogens with two attached hydrogens (primary N) is 1. The maximum absolute atomic E-state index is 12.9. The highest BCUT2D eigenvalue weighted by Crippen LogP contribution is 2.37. The van der Waals surface area contributed by atoms with Crippen LogP contribution in [0.15, 0.2) is 29.3 Å². The Morgan fingerprint density at radius 1 is 1.22 bits per heavy atom. The molecule has 1 aliphatic carbocycles. The van der Waals surface area contributed by atoms with E-state index < -0.39 is 5.54 Å². The van der Waals surface area contributed by atoms with Crippen LogP contribution < -0.4 is 16.0 Å². The van der Waals surface area contributed by atoms with Crippen molar-refractivity contribution in [2.24, 2.45) is 10.7 Å². The first-order valence-electron chi connectivity index (χ1n) is 9.47. The molecular formula is C19H25N5O2S. The third-order valence-electron chi connectivity index (χ3n) is 5.55. The van der Waals surface area contributed by atoms with E-state index in [1.54, 1.807) is 6.07 Å². The van der Waals surface area contributed by atoms with Crippen LogP contribution in [0.5, 0.6) is 0 Å². The van der Waals surface area contributed by atoms with Gasteiger partial charge in [0.2, 0.25) is 0 Å². The quantitative estimate of drug-likeness (QED) is 0.470. The Kier molecular flexibility index (Phi) is 4.99. The lowest BCUT2D eigenvalue weighted by atomic mass is 9.98. The number of nitrogens with zero attached hydrogens (tertiary/aromatic N) is 3. The normalized spacial score (nSPS) is 22.6. The van der Waals surface area contributed by atoms with E-state index in [0.29, 0.717) is 18.2 Å². The molecule has 1 aromatic rings. The number of guanidine groups is 1. The van der Waals surface area contributed by atoms with Crippen molar-refractivity contribution in [1.82, 2.24) is 10.2 Å². The fourth-order valence-electron chi connectivity index (χ4n) is 4.03. The molecule has 0 atom stereocenters. The third kappa shape index (κ3) is 3.50. The van der Waals surface area contributed by atoms with Crippen LogP contribution in [0.3, 0.4) is 0 Å². The summed E-state index contributed by atoms with van der Waals surface area (Å²) in [5.41, 5.74) is 6.95. The second-order valence-electron chi connectivity index (χ2n) is 7.30. The van der Waals surface area contributed by atoms with Crippen molar-refractivity contribution in [3.8, 4) is 0 Å². The number of anilines is 1. The molecule has 3 N–H and O–H groups in total. The van der Waals surface area contributed by atoms with Gasteiger partial charge in [-0.15, -0.1) is 0 Å². The molecule has 1 spiro atoms. The van der Waals surface area contributed by atoms with Crippen molar-refractivity contribution >= 4 is 35.3 Å². The minimum atomic E-state index is -0.693. The van der Waals surface area contributed by atoms with Crippen LogP contribution in [0, 0.1) is 0 Å². The highest BCUT2D eigenvalue weighted by Gasteiger charge is 2.52. The van der Waals surface area contributed by atoms with Crippen LogP contribution in [0.2, 0.25) is 0 Å². The average Bonchev–Trinajstić information content (AvgIpc) is 3.25. The van der Waals surface area contributed by atoms with E-state index >= 15 is 0 Å². The van der Waals surface area contributed by atoms with Gasteiger partial charge in [0.15, 0.2) is 5.96 Å². The number of urea groups is 1. The molecule has 3 aliphatic rings. The molecule has 8 heteroatoms. The van der Waals surface area contributed by atoms with Crippen LogP contribution in [0.1, 0.15) is 31.2 Å². The van der Waals surface area contributed by atoms with Crippen LogP contribution in [0.25, 0.3) is 0 Å². The summed E-state index contributed by atoms with van der Waals surface area (Å²) in [4.78, 5) is 33.3. The average molecular weight is 388 g/mol. The molecule has 0 bridgehead atoms. The van der Waals surface area contributed by atoms with E-state index in [2.05, 4.69) is 15.2 Å². The minimum absolute atomic E-state index is 0.129. The van der Waals surface area contributed by atoms with Gasteiger partial charge in [0.1, 0.15) is 5.54 Å². The number of thioether (sulfide) groups is 1. The van der Waals surface area contributed by atoms with Gasteiger partial charge in [0.05, 0.1) is 12.2 Å². The number of amides is 3. The summed E-state index contributed by atoms with van der Waals surface area (Å²) in [7, 11) is 0. The zero-order chi connectivity index (χ0) is 18.9. The number of carbonyl (C=O) groups is 2. The third-order valence-corrected chi connectivity index (χ3v) is 6.49. The number of nitrogens with one attached hydrogen (secondary N) is 1. The lowest BCUT2D eigenvalue weighted by Crippen LogP contribution is -2.44. The van der Waals surface area contributed by atoms with Gasteiger partial charge in [-0.25, -0.2) is 14.7 Å². The van der Waals surface area contributed by atoms with E-state index in [1.807, 2.05) is 30.0 Å². The van der Waals surface area contributed by atoms with E-state index in [0.717, 1.165) is 55.8 Å². The molecule has 1 saturated carbocycles. The SMILES string of the molecule is NC(=NCc1cccc(N2C(=O)NC3(CCCC3)C2=O)c1)N1CCSCC1. The predicted molar refractivity (Wildman–Crippen MR) is 108 cm³/mol. The van der Waals surface area contributed by atoms with Gasteiger partial charge in [-0.3, -0.25) is 4.79 Å². The summed E-state index contributed by atoms with van der Waals surface area (Å²) in [6.07, 6.45) is 3.40. The molecule has 27 heavy (non-hydrogen) atoms. The largest absolute Gasteiger partial charge is 0.370 e. The van der Waals surface area contributed by atoms with Crippen molar-refractivity contribution < 1.29 is 9.59 Å². The summed E-state index contributed by atoms with van der Waals surface area (Å²) in [6, 6.07) is 7.12. The monoisotopic (exact) mass is 387 g/mol. The summed E-state index contributed by atoms with van der Waals surface area (Å²) in [5.74, 6) is 2.57. The first-order chi connectivity index (χ1) is 13.1. The highest BCUT2D eigenvalue weighted by molar-refractivity contribution is 7.99. The van der Waals surface area contributed by atoms with Crippen molar-refractivity contribution in [2.45, 2.75) is 37.8 Å². The number of carbonyl (C=O) groups excluding carboxylic acids is 2. The molecule has 0 aromatic heterocycles. The van der Waals surface area contributed by atoms with Crippen molar-refractivity contribution in [3.05, 3.63) is 29.8 Å². The maximum Gasteiger partial charge on any atom is 0.329 e. The zero-order valence-corrected chi connectivity index (χ0v) is 16.1. The van der Waals surface area contributed by atoms with Gasteiger partial charge in [-0.2, -0.15) is 11.8 Å². The topological polar surface area (TPSA) is 91.0 Å². The summed E-state index contributed by atoms with van der Waals surface area (Å²) >= 11 is 1.93. The maximum atomic E-state index is 12.9. The number of imide groups is 1. The van der Waals surface area contributed by atoms with Gasteiger partial charge >= 0.3 is 6.03 Å². The first kappa shape index (κ1) is 18.2. The van der Waals surface area contributed by atoms with Gasteiger partial charge in [-0.1, -0.05) is 25.0 Å². The van der Waals surface area contributed by atoms with E-state index in [1.165, 1.54) is 4.90 Å². The fraction of sp³-hybridized carbons (Fsp3) is 0.526. The van der Waals surface area contributed by atoms with Crippen molar-refractivity contribution in [2.75, 3.05) is 29.5 Å². The second kappa shape index (κ2) is 7.42. The number of hydrogen-bond acceptors (Lipinski definition) is 4. The Balaban J connectivity index is 1.49. The number of benzene rings is 1. The number of rotatable bonds is 3. The van der Waals surface area contributed by atoms with E-state index in [-0.39, 0.29) is 11.9 Å².